The maximum Gasteiger partial charge on any atom is 0.308 e. The van der Waals surface area contributed by atoms with Crippen molar-refractivity contribution in [3.63, 3.8) is 0 Å². The number of hydrogen-bond acceptors (Lipinski definition) is 3. The predicted molar refractivity (Wildman–Crippen MR) is 60.6 cm³/mol. The van der Waals surface area contributed by atoms with Crippen LogP contribution in [0.3, 0.4) is 0 Å². The van der Waals surface area contributed by atoms with Gasteiger partial charge in [-0.1, -0.05) is 27.7 Å². The average molecular weight is 216 g/mol. The Bertz CT molecular complexity index is 185. The Morgan fingerprint density at radius 3 is 2.27 bits per heavy atom. The molecule has 0 aromatic rings. The van der Waals surface area contributed by atoms with E-state index in [0.29, 0.717) is 25.9 Å². The SMILES string of the molecule is CCC(C)C(=O)OCCC(O)(CC)CC. The van der Waals surface area contributed by atoms with Gasteiger partial charge in [0.25, 0.3) is 0 Å². The van der Waals surface area contributed by atoms with Crippen LogP contribution in [0.1, 0.15) is 53.4 Å². The smallest absolute Gasteiger partial charge is 0.308 e. The van der Waals surface area contributed by atoms with Gasteiger partial charge in [-0.05, 0) is 19.3 Å². The van der Waals surface area contributed by atoms with Crippen LogP contribution in [0.25, 0.3) is 0 Å². The highest BCUT2D eigenvalue weighted by molar-refractivity contribution is 5.71. The minimum atomic E-state index is -0.671. The fourth-order valence-electron chi connectivity index (χ4n) is 1.25. The van der Waals surface area contributed by atoms with Crippen LogP contribution in [-0.4, -0.2) is 23.3 Å². The van der Waals surface area contributed by atoms with Crippen LogP contribution in [0.4, 0.5) is 0 Å². The Kier molecular flexibility index (Phi) is 6.57. The van der Waals surface area contributed by atoms with Crippen LogP contribution in [0.15, 0.2) is 0 Å². The molecule has 0 saturated carbocycles. The first-order chi connectivity index (χ1) is 6.99. The van der Waals surface area contributed by atoms with E-state index >= 15 is 0 Å². The van der Waals surface area contributed by atoms with Gasteiger partial charge in [-0.3, -0.25) is 4.79 Å². The zero-order valence-corrected chi connectivity index (χ0v) is 10.4. The number of carbonyl (C=O) groups is 1. The second-order valence-corrected chi connectivity index (χ2v) is 4.16. The van der Waals surface area contributed by atoms with E-state index in [-0.39, 0.29) is 11.9 Å². The van der Waals surface area contributed by atoms with Gasteiger partial charge in [-0.2, -0.15) is 0 Å². The molecule has 90 valence electrons. The van der Waals surface area contributed by atoms with Crippen molar-refractivity contribution in [2.45, 2.75) is 59.0 Å². The molecule has 0 aliphatic rings. The van der Waals surface area contributed by atoms with Gasteiger partial charge in [-0.15, -0.1) is 0 Å². The molecule has 0 heterocycles. The first kappa shape index (κ1) is 14.4. The molecule has 0 aromatic carbocycles. The van der Waals surface area contributed by atoms with Gasteiger partial charge in [0.15, 0.2) is 0 Å². The molecule has 0 amide bonds. The molecule has 0 aliphatic carbocycles. The van der Waals surface area contributed by atoms with Crippen molar-refractivity contribution >= 4 is 5.97 Å². The first-order valence-corrected chi connectivity index (χ1v) is 5.88. The quantitative estimate of drug-likeness (QED) is 0.665. The molecule has 0 fully saturated rings. The molecular weight excluding hydrogens is 192 g/mol. The van der Waals surface area contributed by atoms with Gasteiger partial charge >= 0.3 is 5.97 Å². The molecule has 0 bridgehead atoms. The summed E-state index contributed by atoms with van der Waals surface area (Å²) in [6.45, 7) is 8.02. The molecule has 0 rings (SSSR count). The number of ether oxygens (including phenoxy) is 1. The van der Waals surface area contributed by atoms with Crippen molar-refractivity contribution in [1.29, 1.82) is 0 Å². The van der Waals surface area contributed by atoms with Crippen molar-refractivity contribution < 1.29 is 14.6 Å². The highest BCUT2D eigenvalue weighted by Crippen LogP contribution is 2.19. The van der Waals surface area contributed by atoms with Crippen LogP contribution in [0, 0.1) is 5.92 Å². The summed E-state index contributed by atoms with van der Waals surface area (Å²) >= 11 is 0. The molecule has 0 aliphatic heterocycles. The van der Waals surface area contributed by atoms with Crippen LogP contribution in [0.5, 0.6) is 0 Å². The molecule has 1 unspecified atom stereocenters. The van der Waals surface area contributed by atoms with Gasteiger partial charge in [0, 0.05) is 6.42 Å². The maximum absolute atomic E-state index is 11.3. The zero-order chi connectivity index (χ0) is 11.9. The van der Waals surface area contributed by atoms with E-state index in [2.05, 4.69) is 0 Å². The predicted octanol–water partition coefficient (Wildman–Crippen LogP) is 2.52. The number of aliphatic hydroxyl groups is 1. The third-order valence-corrected chi connectivity index (χ3v) is 3.14. The van der Waals surface area contributed by atoms with Crippen molar-refractivity contribution in [2.75, 3.05) is 6.61 Å². The minimum Gasteiger partial charge on any atom is -0.465 e. The van der Waals surface area contributed by atoms with Gasteiger partial charge < -0.3 is 9.84 Å². The summed E-state index contributed by atoms with van der Waals surface area (Å²) in [5, 5.41) is 9.95. The Hall–Kier alpha value is -0.570. The lowest BCUT2D eigenvalue weighted by Gasteiger charge is -2.24. The molecule has 0 aromatic heterocycles. The number of hydrogen-bond donors (Lipinski definition) is 1. The lowest BCUT2D eigenvalue weighted by molar-refractivity contribution is -0.149. The highest BCUT2D eigenvalue weighted by Gasteiger charge is 2.22. The van der Waals surface area contributed by atoms with E-state index in [4.69, 9.17) is 4.74 Å². The topological polar surface area (TPSA) is 46.5 Å². The fourth-order valence-corrected chi connectivity index (χ4v) is 1.25. The summed E-state index contributed by atoms with van der Waals surface area (Å²) in [6.07, 6.45) is 2.72. The molecule has 15 heavy (non-hydrogen) atoms. The third kappa shape index (κ3) is 5.17. The lowest BCUT2D eigenvalue weighted by Crippen LogP contribution is -2.29. The summed E-state index contributed by atoms with van der Waals surface area (Å²) in [4.78, 5) is 11.3. The molecule has 0 spiro atoms. The molecule has 0 radical (unpaired) electrons. The van der Waals surface area contributed by atoms with E-state index in [9.17, 15) is 9.90 Å². The summed E-state index contributed by atoms with van der Waals surface area (Å²) in [6, 6.07) is 0. The van der Waals surface area contributed by atoms with Crippen molar-refractivity contribution in [3.8, 4) is 0 Å². The number of esters is 1. The van der Waals surface area contributed by atoms with E-state index in [0.717, 1.165) is 6.42 Å². The highest BCUT2D eigenvalue weighted by atomic mass is 16.5. The van der Waals surface area contributed by atoms with Crippen LogP contribution in [-0.2, 0) is 9.53 Å². The van der Waals surface area contributed by atoms with E-state index in [1.807, 2.05) is 27.7 Å². The molecule has 0 saturated heterocycles. The van der Waals surface area contributed by atoms with Crippen molar-refractivity contribution in [1.82, 2.24) is 0 Å². The summed E-state index contributed by atoms with van der Waals surface area (Å²) in [5.74, 6) is -0.201. The Morgan fingerprint density at radius 1 is 1.33 bits per heavy atom. The normalized spacial score (nSPS) is 13.7. The van der Waals surface area contributed by atoms with Crippen LogP contribution in [0.2, 0.25) is 0 Å². The van der Waals surface area contributed by atoms with E-state index in [1.165, 1.54) is 0 Å². The standard InChI is InChI=1S/C12H24O3/c1-5-10(4)11(13)15-9-8-12(14,6-2)7-3/h10,14H,5-9H2,1-4H3. The fraction of sp³-hybridized carbons (Fsp3) is 0.917. The number of carbonyl (C=O) groups excluding carboxylic acids is 1. The lowest BCUT2D eigenvalue weighted by atomic mass is 9.94. The second kappa shape index (κ2) is 6.83. The van der Waals surface area contributed by atoms with Crippen LogP contribution < -0.4 is 0 Å². The monoisotopic (exact) mass is 216 g/mol. The van der Waals surface area contributed by atoms with Gasteiger partial charge in [0.2, 0.25) is 0 Å². The molecule has 1 N–H and O–H groups in total. The molecule has 3 nitrogen and oxygen atoms in total. The van der Waals surface area contributed by atoms with Gasteiger partial charge in [0.05, 0.1) is 18.1 Å². The van der Waals surface area contributed by atoms with E-state index in [1.54, 1.807) is 0 Å². The zero-order valence-electron chi connectivity index (χ0n) is 10.4. The maximum atomic E-state index is 11.3. The first-order valence-electron chi connectivity index (χ1n) is 5.88. The Labute approximate surface area is 92.8 Å². The van der Waals surface area contributed by atoms with Crippen molar-refractivity contribution in [3.05, 3.63) is 0 Å². The van der Waals surface area contributed by atoms with Gasteiger partial charge in [0.1, 0.15) is 0 Å². The van der Waals surface area contributed by atoms with Gasteiger partial charge in [-0.25, -0.2) is 0 Å². The largest absolute Gasteiger partial charge is 0.465 e. The summed E-state index contributed by atoms with van der Waals surface area (Å²) in [5.41, 5.74) is -0.671. The van der Waals surface area contributed by atoms with E-state index < -0.39 is 5.60 Å². The Balaban J connectivity index is 3.83. The van der Waals surface area contributed by atoms with Crippen molar-refractivity contribution in [2.24, 2.45) is 5.92 Å². The average Bonchev–Trinajstić information content (AvgIpc) is 2.27. The molecule has 3 heteroatoms. The number of rotatable bonds is 7. The molecule has 1 atom stereocenters. The Morgan fingerprint density at radius 2 is 1.87 bits per heavy atom. The third-order valence-electron chi connectivity index (χ3n) is 3.14. The molecular formula is C12H24O3. The second-order valence-electron chi connectivity index (χ2n) is 4.16. The summed E-state index contributed by atoms with van der Waals surface area (Å²) < 4.78 is 5.10. The van der Waals surface area contributed by atoms with Crippen LogP contribution >= 0.6 is 0 Å². The minimum absolute atomic E-state index is 0.0404. The summed E-state index contributed by atoms with van der Waals surface area (Å²) in [7, 11) is 0.